The number of anilines is 3. The smallest absolute Gasteiger partial charge is 0.229 e. The van der Waals surface area contributed by atoms with E-state index in [4.69, 9.17) is 11.1 Å². The van der Waals surface area contributed by atoms with Gasteiger partial charge in [-0.3, -0.25) is 0 Å². The number of rotatable bonds is 3. The van der Waals surface area contributed by atoms with Crippen molar-refractivity contribution in [3.05, 3.63) is 42.1 Å². The summed E-state index contributed by atoms with van der Waals surface area (Å²) < 4.78 is 0. The number of nitrogen functional groups attached to an aromatic ring is 1. The molecule has 0 saturated heterocycles. The van der Waals surface area contributed by atoms with Gasteiger partial charge in [-0.25, -0.2) is 4.98 Å². The molecule has 5 nitrogen and oxygen atoms in total. The molecule has 5 heteroatoms. The maximum absolute atomic E-state index is 7.08. The third kappa shape index (κ3) is 2.33. The highest BCUT2D eigenvalue weighted by Gasteiger charge is 1.97. The van der Waals surface area contributed by atoms with Crippen LogP contribution < -0.4 is 11.1 Å². The third-order valence-electron chi connectivity index (χ3n) is 2.01. The molecule has 4 N–H and O–H groups in total. The van der Waals surface area contributed by atoms with E-state index < -0.39 is 0 Å². The van der Waals surface area contributed by atoms with Crippen molar-refractivity contribution in [1.82, 2.24) is 9.97 Å². The molecule has 0 atom stereocenters. The zero-order chi connectivity index (χ0) is 11.4. The fraction of sp³-hybridized carbons (Fsp3) is 0. The molecule has 0 amide bonds. The van der Waals surface area contributed by atoms with Gasteiger partial charge in [-0.2, -0.15) is 4.98 Å². The standard InChI is InChI=1S/C11H11N5/c12-7-8-1-3-9(4-2-8)15-11-14-6-5-10(13)16-11/h1-7,12H,(H3,13,14,15,16). The summed E-state index contributed by atoms with van der Waals surface area (Å²) in [6.45, 7) is 0. The minimum absolute atomic E-state index is 0.425. The Balaban J connectivity index is 2.17. The highest BCUT2D eigenvalue weighted by atomic mass is 15.1. The number of nitrogens with one attached hydrogen (secondary N) is 2. The molecule has 0 spiro atoms. The van der Waals surface area contributed by atoms with E-state index in [0.29, 0.717) is 11.8 Å². The van der Waals surface area contributed by atoms with Gasteiger partial charge in [-0.15, -0.1) is 0 Å². The fourth-order valence-corrected chi connectivity index (χ4v) is 1.22. The molecule has 16 heavy (non-hydrogen) atoms. The summed E-state index contributed by atoms with van der Waals surface area (Å²) in [4.78, 5) is 8.05. The normalized spacial score (nSPS) is 9.75. The molecule has 0 radical (unpaired) electrons. The number of nitrogens with zero attached hydrogens (tertiary/aromatic N) is 2. The quantitative estimate of drug-likeness (QED) is 0.678. The van der Waals surface area contributed by atoms with Gasteiger partial charge in [0.15, 0.2) is 0 Å². The van der Waals surface area contributed by atoms with Gasteiger partial charge in [0, 0.05) is 18.1 Å². The number of benzene rings is 1. The van der Waals surface area contributed by atoms with Gasteiger partial charge in [-0.05, 0) is 23.8 Å². The van der Waals surface area contributed by atoms with E-state index in [1.807, 2.05) is 24.3 Å². The van der Waals surface area contributed by atoms with Gasteiger partial charge < -0.3 is 16.5 Å². The first-order valence-corrected chi connectivity index (χ1v) is 4.74. The lowest BCUT2D eigenvalue weighted by Crippen LogP contribution is -1.99. The maximum atomic E-state index is 7.08. The van der Waals surface area contributed by atoms with Crippen molar-refractivity contribution >= 4 is 23.7 Å². The summed E-state index contributed by atoms with van der Waals surface area (Å²) in [6.07, 6.45) is 2.89. The summed E-state index contributed by atoms with van der Waals surface area (Å²) in [5.74, 6) is 0.885. The van der Waals surface area contributed by atoms with Crippen LogP contribution in [-0.2, 0) is 0 Å². The summed E-state index contributed by atoms with van der Waals surface area (Å²) in [7, 11) is 0. The Bertz CT molecular complexity index is 492. The van der Waals surface area contributed by atoms with E-state index in [2.05, 4.69) is 15.3 Å². The van der Waals surface area contributed by atoms with E-state index in [1.165, 1.54) is 6.21 Å². The van der Waals surface area contributed by atoms with Crippen molar-refractivity contribution in [2.45, 2.75) is 0 Å². The van der Waals surface area contributed by atoms with Crippen molar-refractivity contribution in [3.63, 3.8) is 0 Å². The van der Waals surface area contributed by atoms with Gasteiger partial charge in [0.25, 0.3) is 0 Å². The molecule has 0 saturated carbocycles. The second kappa shape index (κ2) is 4.39. The maximum Gasteiger partial charge on any atom is 0.229 e. The molecular weight excluding hydrogens is 202 g/mol. The Hall–Kier alpha value is -2.43. The first-order valence-electron chi connectivity index (χ1n) is 4.74. The summed E-state index contributed by atoms with van der Waals surface area (Å²) in [6, 6.07) is 9.01. The molecule has 2 rings (SSSR count). The number of aromatic nitrogens is 2. The van der Waals surface area contributed by atoms with Crippen LogP contribution in [-0.4, -0.2) is 16.2 Å². The molecule has 1 heterocycles. The molecule has 80 valence electrons. The van der Waals surface area contributed by atoms with Crippen LogP contribution in [0.25, 0.3) is 0 Å². The number of hydrogen-bond donors (Lipinski definition) is 3. The van der Waals surface area contributed by atoms with Gasteiger partial charge in [0.1, 0.15) is 5.82 Å². The van der Waals surface area contributed by atoms with E-state index >= 15 is 0 Å². The molecule has 0 aliphatic rings. The van der Waals surface area contributed by atoms with Crippen molar-refractivity contribution in [3.8, 4) is 0 Å². The molecule has 0 unspecified atom stereocenters. The second-order valence-corrected chi connectivity index (χ2v) is 3.20. The predicted octanol–water partition coefficient (Wildman–Crippen LogP) is 1.80. The molecule has 0 aliphatic carbocycles. The van der Waals surface area contributed by atoms with Crippen LogP contribution in [0.1, 0.15) is 5.56 Å². The Morgan fingerprint density at radius 2 is 1.94 bits per heavy atom. The van der Waals surface area contributed by atoms with Crippen molar-refractivity contribution in [1.29, 1.82) is 5.41 Å². The molecule has 1 aromatic heterocycles. The first kappa shape index (κ1) is 10.1. The van der Waals surface area contributed by atoms with Crippen LogP contribution in [0, 0.1) is 5.41 Å². The Kier molecular flexibility index (Phi) is 2.77. The average molecular weight is 213 g/mol. The lowest BCUT2D eigenvalue weighted by atomic mass is 10.2. The molecule has 0 fully saturated rings. The molecule has 0 aliphatic heterocycles. The zero-order valence-electron chi connectivity index (χ0n) is 8.51. The summed E-state index contributed by atoms with van der Waals surface area (Å²) >= 11 is 0. The van der Waals surface area contributed by atoms with Gasteiger partial charge in [-0.1, -0.05) is 12.1 Å². The molecule has 1 aromatic carbocycles. The molecular formula is C11H11N5. The third-order valence-corrected chi connectivity index (χ3v) is 2.01. The molecule has 0 bridgehead atoms. The van der Waals surface area contributed by atoms with Crippen LogP contribution >= 0.6 is 0 Å². The van der Waals surface area contributed by atoms with E-state index in [1.54, 1.807) is 12.3 Å². The Morgan fingerprint density at radius 3 is 2.56 bits per heavy atom. The first-order chi connectivity index (χ1) is 7.78. The van der Waals surface area contributed by atoms with Gasteiger partial charge in [0.2, 0.25) is 5.95 Å². The van der Waals surface area contributed by atoms with Crippen LogP contribution in [0.4, 0.5) is 17.5 Å². The highest BCUT2D eigenvalue weighted by Crippen LogP contribution is 2.13. The van der Waals surface area contributed by atoms with Gasteiger partial charge in [0.05, 0.1) is 0 Å². The van der Waals surface area contributed by atoms with Crippen LogP contribution in [0.3, 0.4) is 0 Å². The van der Waals surface area contributed by atoms with Crippen LogP contribution in [0.5, 0.6) is 0 Å². The number of hydrogen-bond acceptors (Lipinski definition) is 5. The van der Waals surface area contributed by atoms with Crippen molar-refractivity contribution in [2.75, 3.05) is 11.1 Å². The van der Waals surface area contributed by atoms with Crippen molar-refractivity contribution in [2.24, 2.45) is 0 Å². The second-order valence-electron chi connectivity index (χ2n) is 3.20. The van der Waals surface area contributed by atoms with E-state index in [-0.39, 0.29) is 0 Å². The minimum Gasteiger partial charge on any atom is -0.384 e. The van der Waals surface area contributed by atoms with E-state index in [9.17, 15) is 0 Å². The fourth-order valence-electron chi connectivity index (χ4n) is 1.22. The monoisotopic (exact) mass is 213 g/mol. The van der Waals surface area contributed by atoms with Crippen LogP contribution in [0.2, 0.25) is 0 Å². The van der Waals surface area contributed by atoms with Gasteiger partial charge >= 0.3 is 0 Å². The average Bonchev–Trinajstić information content (AvgIpc) is 2.30. The molecule has 2 aromatic rings. The highest BCUT2D eigenvalue weighted by molar-refractivity contribution is 5.77. The summed E-state index contributed by atoms with van der Waals surface area (Å²) in [5, 5.41) is 10.1. The Labute approximate surface area is 92.9 Å². The van der Waals surface area contributed by atoms with E-state index in [0.717, 1.165) is 11.3 Å². The SMILES string of the molecule is N=Cc1ccc(Nc2nccc(N)n2)cc1. The predicted molar refractivity (Wildman–Crippen MR) is 64.1 cm³/mol. The zero-order valence-corrected chi connectivity index (χ0v) is 8.51. The lowest BCUT2D eigenvalue weighted by Gasteiger charge is -2.04. The largest absolute Gasteiger partial charge is 0.384 e. The lowest BCUT2D eigenvalue weighted by molar-refractivity contribution is 1.17. The summed E-state index contributed by atoms with van der Waals surface area (Å²) in [5.41, 5.74) is 7.24. The number of nitrogens with two attached hydrogens (primary N) is 1. The van der Waals surface area contributed by atoms with Crippen molar-refractivity contribution < 1.29 is 0 Å². The topological polar surface area (TPSA) is 87.7 Å². The van der Waals surface area contributed by atoms with Crippen LogP contribution in [0.15, 0.2) is 36.5 Å². The minimum atomic E-state index is 0.425. The Morgan fingerprint density at radius 1 is 1.19 bits per heavy atom.